The largest absolute Gasteiger partial charge is 0.385 e. The Kier molecular flexibility index (Phi) is 2.25. The van der Waals surface area contributed by atoms with Gasteiger partial charge in [-0.1, -0.05) is 22.0 Å². The van der Waals surface area contributed by atoms with E-state index in [0.29, 0.717) is 5.84 Å². The molecule has 0 aliphatic carbocycles. The number of amidine groups is 1. The van der Waals surface area contributed by atoms with Gasteiger partial charge < -0.3 is 5.73 Å². The maximum Gasteiger partial charge on any atom is 0.255 e. The van der Waals surface area contributed by atoms with Crippen LogP contribution in [0, 0.1) is 0 Å². The molecule has 72 valence electrons. The molecule has 0 radical (unpaired) electrons. The van der Waals surface area contributed by atoms with Crippen molar-refractivity contribution in [3.05, 3.63) is 28.7 Å². The highest BCUT2D eigenvalue weighted by Crippen LogP contribution is 2.22. The van der Waals surface area contributed by atoms with Crippen LogP contribution in [-0.2, 0) is 4.79 Å². The number of carbonyl (C=O) groups is 1. The molecule has 0 aromatic heterocycles. The van der Waals surface area contributed by atoms with Crippen LogP contribution in [0.25, 0.3) is 0 Å². The molecule has 0 bridgehead atoms. The lowest BCUT2D eigenvalue weighted by molar-refractivity contribution is -0.116. The molecule has 1 aromatic rings. The summed E-state index contributed by atoms with van der Waals surface area (Å²) in [5.41, 5.74) is 6.19. The first kappa shape index (κ1) is 9.21. The van der Waals surface area contributed by atoms with Gasteiger partial charge in [0, 0.05) is 4.47 Å². The fraction of sp³-hybridized carbons (Fsp3) is 0.111. The summed E-state index contributed by atoms with van der Waals surface area (Å²) in [6, 6.07) is 7.36. The number of benzene rings is 1. The first-order valence-electron chi connectivity index (χ1n) is 4.08. The van der Waals surface area contributed by atoms with Gasteiger partial charge in [0.05, 0.1) is 12.1 Å². The third kappa shape index (κ3) is 1.63. The SMILES string of the molecule is NC1=NN(c2cccc(Br)c2)C(=O)C1. The molecule has 1 aliphatic heterocycles. The van der Waals surface area contributed by atoms with Crippen LogP contribution in [0.15, 0.2) is 33.8 Å². The highest BCUT2D eigenvalue weighted by atomic mass is 79.9. The zero-order chi connectivity index (χ0) is 10.1. The second kappa shape index (κ2) is 3.42. The van der Waals surface area contributed by atoms with E-state index < -0.39 is 0 Å². The van der Waals surface area contributed by atoms with Gasteiger partial charge in [-0.2, -0.15) is 10.1 Å². The number of halogens is 1. The minimum atomic E-state index is -0.0967. The zero-order valence-electron chi connectivity index (χ0n) is 7.27. The van der Waals surface area contributed by atoms with Gasteiger partial charge in [0.25, 0.3) is 5.91 Å². The highest BCUT2D eigenvalue weighted by molar-refractivity contribution is 9.10. The molecule has 1 heterocycles. The molecule has 0 saturated heterocycles. The maximum atomic E-state index is 11.4. The third-order valence-electron chi connectivity index (χ3n) is 1.85. The molecular weight excluding hydrogens is 246 g/mol. The Morgan fingerprint density at radius 2 is 2.29 bits per heavy atom. The molecule has 4 nitrogen and oxygen atoms in total. The summed E-state index contributed by atoms with van der Waals surface area (Å²) in [6.45, 7) is 0. The van der Waals surface area contributed by atoms with Crippen molar-refractivity contribution >= 4 is 33.4 Å². The zero-order valence-corrected chi connectivity index (χ0v) is 8.86. The highest BCUT2D eigenvalue weighted by Gasteiger charge is 2.23. The van der Waals surface area contributed by atoms with E-state index in [1.807, 2.05) is 24.3 Å². The summed E-state index contributed by atoms with van der Waals surface area (Å²) in [5, 5.41) is 5.26. The van der Waals surface area contributed by atoms with E-state index in [1.54, 1.807) is 0 Å². The Balaban J connectivity index is 2.36. The van der Waals surface area contributed by atoms with Crippen LogP contribution in [0.5, 0.6) is 0 Å². The number of hydrazone groups is 1. The van der Waals surface area contributed by atoms with Crippen molar-refractivity contribution in [2.75, 3.05) is 5.01 Å². The molecule has 1 amide bonds. The first-order valence-corrected chi connectivity index (χ1v) is 4.87. The van der Waals surface area contributed by atoms with Crippen LogP contribution in [-0.4, -0.2) is 11.7 Å². The first-order chi connectivity index (χ1) is 6.66. The molecule has 1 aromatic carbocycles. The molecular formula is C9H8BrN3O. The Hall–Kier alpha value is -1.36. The minimum absolute atomic E-state index is 0.0967. The molecule has 14 heavy (non-hydrogen) atoms. The number of amides is 1. The van der Waals surface area contributed by atoms with Crippen molar-refractivity contribution in [3.8, 4) is 0 Å². The Morgan fingerprint density at radius 1 is 1.50 bits per heavy atom. The van der Waals surface area contributed by atoms with Gasteiger partial charge in [-0.25, -0.2) is 0 Å². The average Bonchev–Trinajstić information content (AvgIpc) is 2.45. The Bertz CT molecular complexity index is 416. The van der Waals surface area contributed by atoms with Crippen LogP contribution in [0.4, 0.5) is 5.69 Å². The van der Waals surface area contributed by atoms with E-state index in [9.17, 15) is 4.79 Å². The number of rotatable bonds is 1. The van der Waals surface area contributed by atoms with Gasteiger partial charge >= 0.3 is 0 Å². The van der Waals surface area contributed by atoms with Crippen LogP contribution in [0.1, 0.15) is 6.42 Å². The van der Waals surface area contributed by atoms with E-state index >= 15 is 0 Å². The van der Waals surface area contributed by atoms with Crippen molar-refractivity contribution < 1.29 is 4.79 Å². The van der Waals surface area contributed by atoms with Gasteiger partial charge in [-0.3, -0.25) is 4.79 Å². The number of anilines is 1. The van der Waals surface area contributed by atoms with Crippen LogP contribution < -0.4 is 10.7 Å². The van der Waals surface area contributed by atoms with Crippen molar-refractivity contribution in [1.82, 2.24) is 0 Å². The summed E-state index contributed by atoms with van der Waals surface area (Å²) in [6.07, 6.45) is 0.201. The van der Waals surface area contributed by atoms with Gasteiger partial charge in [0.2, 0.25) is 0 Å². The Morgan fingerprint density at radius 3 is 2.86 bits per heavy atom. The monoisotopic (exact) mass is 253 g/mol. The summed E-state index contributed by atoms with van der Waals surface area (Å²) < 4.78 is 0.906. The van der Waals surface area contributed by atoms with Crippen molar-refractivity contribution in [3.63, 3.8) is 0 Å². The van der Waals surface area contributed by atoms with E-state index in [2.05, 4.69) is 21.0 Å². The quantitative estimate of drug-likeness (QED) is 0.824. The van der Waals surface area contributed by atoms with Gasteiger partial charge in [0.1, 0.15) is 5.84 Å². The summed E-state index contributed by atoms with van der Waals surface area (Å²) in [4.78, 5) is 11.4. The fourth-order valence-electron chi connectivity index (χ4n) is 1.26. The lowest BCUT2D eigenvalue weighted by Crippen LogP contribution is -2.19. The topological polar surface area (TPSA) is 58.7 Å². The summed E-state index contributed by atoms with van der Waals surface area (Å²) in [5.74, 6) is 0.260. The van der Waals surface area contributed by atoms with E-state index in [1.165, 1.54) is 5.01 Å². The fourth-order valence-corrected chi connectivity index (χ4v) is 1.65. The average molecular weight is 254 g/mol. The van der Waals surface area contributed by atoms with Gasteiger partial charge in [-0.05, 0) is 18.2 Å². The van der Waals surface area contributed by atoms with Crippen molar-refractivity contribution in [2.45, 2.75) is 6.42 Å². The van der Waals surface area contributed by atoms with E-state index in [4.69, 9.17) is 5.73 Å². The lowest BCUT2D eigenvalue weighted by atomic mass is 10.3. The molecule has 0 atom stereocenters. The molecule has 2 rings (SSSR count). The second-order valence-corrected chi connectivity index (χ2v) is 3.87. The van der Waals surface area contributed by atoms with Crippen LogP contribution in [0.2, 0.25) is 0 Å². The predicted molar refractivity (Wildman–Crippen MR) is 57.9 cm³/mol. The molecule has 0 unspecified atom stereocenters. The maximum absolute atomic E-state index is 11.4. The normalized spacial score (nSPS) is 15.9. The lowest BCUT2D eigenvalue weighted by Gasteiger charge is -2.10. The number of nitrogens with two attached hydrogens (primary N) is 1. The van der Waals surface area contributed by atoms with E-state index in [-0.39, 0.29) is 12.3 Å². The van der Waals surface area contributed by atoms with Gasteiger partial charge in [-0.15, -0.1) is 0 Å². The number of carbonyl (C=O) groups excluding carboxylic acids is 1. The third-order valence-corrected chi connectivity index (χ3v) is 2.34. The van der Waals surface area contributed by atoms with E-state index in [0.717, 1.165) is 10.2 Å². The summed E-state index contributed by atoms with van der Waals surface area (Å²) >= 11 is 3.33. The molecule has 0 fully saturated rings. The minimum Gasteiger partial charge on any atom is -0.385 e. The summed E-state index contributed by atoms with van der Waals surface area (Å²) in [7, 11) is 0. The number of hydrogen-bond acceptors (Lipinski definition) is 3. The smallest absolute Gasteiger partial charge is 0.255 e. The predicted octanol–water partition coefficient (Wildman–Crippen LogP) is 1.46. The van der Waals surface area contributed by atoms with Crippen molar-refractivity contribution in [1.29, 1.82) is 0 Å². The molecule has 0 saturated carbocycles. The van der Waals surface area contributed by atoms with Crippen LogP contribution >= 0.6 is 15.9 Å². The number of nitrogens with zero attached hydrogens (tertiary/aromatic N) is 2. The second-order valence-electron chi connectivity index (χ2n) is 2.95. The van der Waals surface area contributed by atoms with Crippen LogP contribution in [0.3, 0.4) is 0 Å². The van der Waals surface area contributed by atoms with Crippen molar-refractivity contribution in [2.24, 2.45) is 10.8 Å². The van der Waals surface area contributed by atoms with Gasteiger partial charge in [0.15, 0.2) is 0 Å². The molecule has 2 N–H and O–H groups in total. The molecule has 1 aliphatic rings. The standard InChI is InChI=1S/C9H8BrN3O/c10-6-2-1-3-7(4-6)13-9(14)5-8(11)12-13/h1-4H,5H2,(H2,11,12). The molecule has 0 spiro atoms. The number of hydrogen-bond donors (Lipinski definition) is 1. The molecule has 5 heteroatoms. The Labute approximate surface area is 89.5 Å².